The summed E-state index contributed by atoms with van der Waals surface area (Å²) in [5.74, 6) is 1.73. The lowest BCUT2D eigenvalue weighted by atomic mass is 10.1. The van der Waals surface area contributed by atoms with Gasteiger partial charge in [0.1, 0.15) is 17.5 Å². The van der Waals surface area contributed by atoms with Gasteiger partial charge in [0.15, 0.2) is 0 Å². The maximum atomic E-state index is 12.8. The lowest BCUT2D eigenvalue weighted by molar-refractivity contribution is -0.131. The summed E-state index contributed by atoms with van der Waals surface area (Å²) in [6.45, 7) is 6.70. The molecule has 0 aliphatic carbocycles. The first kappa shape index (κ1) is 24.4. The van der Waals surface area contributed by atoms with Crippen molar-refractivity contribution in [3.05, 3.63) is 77.1 Å². The summed E-state index contributed by atoms with van der Waals surface area (Å²) < 4.78 is 0. The van der Waals surface area contributed by atoms with E-state index >= 15 is 0 Å². The second-order valence-electron chi connectivity index (χ2n) is 9.43. The molecule has 0 saturated carbocycles. The summed E-state index contributed by atoms with van der Waals surface area (Å²) in [6.07, 6.45) is 0.744. The molecule has 1 aromatic heterocycles. The van der Waals surface area contributed by atoms with Crippen molar-refractivity contribution >= 4 is 35.0 Å². The Balaban J connectivity index is 1.12. The zero-order valence-electron chi connectivity index (χ0n) is 21.1. The molecule has 1 fully saturated rings. The second-order valence-corrected chi connectivity index (χ2v) is 9.43. The van der Waals surface area contributed by atoms with Gasteiger partial charge in [-0.1, -0.05) is 29.8 Å². The minimum absolute atomic E-state index is 0.0388. The second kappa shape index (κ2) is 10.4. The molecule has 2 aliphatic heterocycles. The molecule has 0 radical (unpaired) electrons. The van der Waals surface area contributed by atoms with E-state index in [1.165, 1.54) is 10.5 Å². The molecule has 1 N–H and O–H groups in total. The number of fused-ring (bicyclic) bond motifs is 1. The summed E-state index contributed by atoms with van der Waals surface area (Å²) in [4.78, 5) is 52.2. The standard InChI is InChI=1S/C28H30N6O3/c1-19-9-11-21(12-10-19)31-24-18-25(30-20(2)29-24)32-14-16-33(17-15-32)26(35)8-5-13-34-27(36)22-6-3-4-7-23(22)28(34)37/h3-4,6-7,9-12,18H,5,8,13-17H2,1-2H3,(H,29,30,31). The first-order valence-corrected chi connectivity index (χ1v) is 12.6. The topological polar surface area (TPSA) is 98.7 Å². The lowest BCUT2D eigenvalue weighted by Gasteiger charge is -2.35. The molecule has 3 aromatic rings. The highest BCUT2D eigenvalue weighted by Gasteiger charge is 2.34. The fourth-order valence-corrected chi connectivity index (χ4v) is 4.74. The van der Waals surface area contributed by atoms with Crippen LogP contribution in [0.15, 0.2) is 54.6 Å². The number of aryl methyl sites for hydroxylation is 2. The molecule has 5 rings (SSSR count). The van der Waals surface area contributed by atoms with Crippen molar-refractivity contribution in [2.24, 2.45) is 0 Å². The fraction of sp³-hybridized carbons (Fsp3) is 0.321. The zero-order valence-corrected chi connectivity index (χ0v) is 21.1. The Morgan fingerprint density at radius 1 is 0.892 bits per heavy atom. The summed E-state index contributed by atoms with van der Waals surface area (Å²) in [5, 5.41) is 3.34. The number of nitrogens with one attached hydrogen (secondary N) is 1. The number of imide groups is 1. The normalized spacial score (nSPS) is 15.2. The lowest BCUT2D eigenvalue weighted by Crippen LogP contribution is -2.49. The molecule has 1 saturated heterocycles. The van der Waals surface area contributed by atoms with Gasteiger partial charge < -0.3 is 15.1 Å². The number of hydrogen-bond donors (Lipinski definition) is 1. The van der Waals surface area contributed by atoms with Crippen molar-refractivity contribution in [2.75, 3.05) is 42.9 Å². The van der Waals surface area contributed by atoms with Gasteiger partial charge in [0.2, 0.25) is 5.91 Å². The van der Waals surface area contributed by atoms with E-state index in [2.05, 4.69) is 27.1 Å². The van der Waals surface area contributed by atoms with Crippen molar-refractivity contribution in [3.8, 4) is 0 Å². The van der Waals surface area contributed by atoms with Gasteiger partial charge in [-0.3, -0.25) is 19.3 Å². The monoisotopic (exact) mass is 498 g/mol. The van der Waals surface area contributed by atoms with Crippen LogP contribution in [0.1, 0.15) is 44.9 Å². The van der Waals surface area contributed by atoms with E-state index in [0.29, 0.717) is 56.0 Å². The van der Waals surface area contributed by atoms with Gasteiger partial charge >= 0.3 is 0 Å². The van der Waals surface area contributed by atoms with Crippen molar-refractivity contribution in [1.82, 2.24) is 19.8 Å². The third-order valence-corrected chi connectivity index (χ3v) is 6.76. The average molecular weight is 499 g/mol. The van der Waals surface area contributed by atoms with E-state index in [1.807, 2.05) is 42.2 Å². The summed E-state index contributed by atoms with van der Waals surface area (Å²) in [5.41, 5.74) is 3.03. The molecule has 9 heteroatoms. The van der Waals surface area contributed by atoms with Gasteiger partial charge in [0.05, 0.1) is 11.1 Å². The molecule has 0 unspecified atom stereocenters. The van der Waals surface area contributed by atoms with Crippen molar-refractivity contribution < 1.29 is 14.4 Å². The summed E-state index contributed by atoms with van der Waals surface area (Å²) >= 11 is 0. The molecule has 2 aliphatic rings. The number of carbonyl (C=O) groups is 3. The molecule has 3 heterocycles. The van der Waals surface area contributed by atoms with Crippen LogP contribution in [0.3, 0.4) is 0 Å². The summed E-state index contributed by atoms with van der Waals surface area (Å²) in [6, 6.07) is 16.9. The van der Waals surface area contributed by atoms with E-state index < -0.39 is 0 Å². The van der Waals surface area contributed by atoms with Crippen molar-refractivity contribution in [3.63, 3.8) is 0 Å². The van der Waals surface area contributed by atoms with Gasteiger partial charge in [0.25, 0.3) is 11.8 Å². The van der Waals surface area contributed by atoms with Crippen LogP contribution in [0.4, 0.5) is 17.3 Å². The molecule has 37 heavy (non-hydrogen) atoms. The third kappa shape index (κ3) is 5.30. The largest absolute Gasteiger partial charge is 0.353 e. The maximum Gasteiger partial charge on any atom is 0.261 e. The van der Waals surface area contributed by atoms with Crippen molar-refractivity contribution in [2.45, 2.75) is 26.7 Å². The Hall–Kier alpha value is -4.27. The van der Waals surface area contributed by atoms with Gasteiger partial charge in [0, 0.05) is 50.9 Å². The molecule has 0 atom stereocenters. The van der Waals surface area contributed by atoms with Gasteiger partial charge in [-0.05, 0) is 44.5 Å². The highest BCUT2D eigenvalue weighted by molar-refractivity contribution is 6.21. The first-order chi connectivity index (χ1) is 17.9. The highest BCUT2D eigenvalue weighted by Crippen LogP contribution is 2.24. The minimum atomic E-state index is -0.280. The predicted octanol–water partition coefficient (Wildman–Crippen LogP) is 3.56. The van der Waals surface area contributed by atoms with Crippen LogP contribution in [0.2, 0.25) is 0 Å². The van der Waals surface area contributed by atoms with Crippen LogP contribution in [0, 0.1) is 13.8 Å². The number of rotatable bonds is 7. The number of carbonyl (C=O) groups excluding carboxylic acids is 3. The van der Waals surface area contributed by atoms with Gasteiger partial charge in [-0.15, -0.1) is 0 Å². The number of aromatic nitrogens is 2. The Morgan fingerprint density at radius 3 is 2.19 bits per heavy atom. The number of amides is 3. The number of anilines is 3. The third-order valence-electron chi connectivity index (χ3n) is 6.76. The molecular formula is C28H30N6O3. The van der Waals surface area contributed by atoms with Crippen LogP contribution in [-0.4, -0.2) is 70.2 Å². The van der Waals surface area contributed by atoms with Gasteiger partial charge in [-0.2, -0.15) is 0 Å². The molecule has 9 nitrogen and oxygen atoms in total. The number of piperazine rings is 1. The molecular weight excluding hydrogens is 468 g/mol. The van der Waals surface area contributed by atoms with Crippen molar-refractivity contribution in [1.29, 1.82) is 0 Å². The Labute approximate surface area is 216 Å². The Bertz CT molecular complexity index is 1300. The molecule has 2 aromatic carbocycles. The molecule has 3 amide bonds. The fourth-order valence-electron chi connectivity index (χ4n) is 4.74. The SMILES string of the molecule is Cc1ccc(Nc2cc(N3CCN(C(=O)CCCN4C(=O)c5ccccc5C4=O)CC3)nc(C)n2)cc1. The van der Waals surface area contributed by atoms with Crippen LogP contribution in [-0.2, 0) is 4.79 Å². The van der Waals surface area contributed by atoms with Crippen LogP contribution < -0.4 is 10.2 Å². The average Bonchev–Trinajstić information content (AvgIpc) is 3.15. The van der Waals surface area contributed by atoms with E-state index in [0.717, 1.165) is 17.3 Å². The van der Waals surface area contributed by atoms with E-state index in [4.69, 9.17) is 0 Å². The Kier molecular flexibility index (Phi) is 6.85. The predicted molar refractivity (Wildman–Crippen MR) is 141 cm³/mol. The van der Waals surface area contributed by atoms with Crippen LogP contribution in [0.5, 0.6) is 0 Å². The number of nitrogens with zero attached hydrogens (tertiary/aromatic N) is 5. The van der Waals surface area contributed by atoms with E-state index in [-0.39, 0.29) is 24.3 Å². The quantitative estimate of drug-likeness (QED) is 0.497. The van der Waals surface area contributed by atoms with E-state index in [9.17, 15) is 14.4 Å². The number of hydrogen-bond acceptors (Lipinski definition) is 7. The maximum absolute atomic E-state index is 12.8. The van der Waals surface area contributed by atoms with Crippen LogP contribution >= 0.6 is 0 Å². The molecule has 190 valence electrons. The zero-order chi connectivity index (χ0) is 25.9. The Morgan fingerprint density at radius 2 is 1.54 bits per heavy atom. The minimum Gasteiger partial charge on any atom is -0.353 e. The summed E-state index contributed by atoms with van der Waals surface area (Å²) in [7, 11) is 0. The highest BCUT2D eigenvalue weighted by atomic mass is 16.2. The smallest absolute Gasteiger partial charge is 0.261 e. The van der Waals surface area contributed by atoms with E-state index in [1.54, 1.807) is 24.3 Å². The first-order valence-electron chi connectivity index (χ1n) is 12.6. The molecule has 0 bridgehead atoms. The molecule has 0 spiro atoms. The van der Waals surface area contributed by atoms with Gasteiger partial charge in [-0.25, -0.2) is 9.97 Å². The van der Waals surface area contributed by atoms with Crippen LogP contribution in [0.25, 0.3) is 0 Å². The number of benzene rings is 2.